The molecule has 0 bridgehead atoms. The van der Waals surface area contributed by atoms with Crippen LogP contribution in [0.4, 0.5) is 19.3 Å². The maximum absolute atomic E-state index is 13.2. The zero-order valence-corrected chi connectivity index (χ0v) is 10.5. The van der Waals surface area contributed by atoms with Crippen LogP contribution in [0.25, 0.3) is 0 Å². The minimum Gasteiger partial charge on any atom is -0.443 e. The van der Waals surface area contributed by atoms with Gasteiger partial charge in [-0.25, -0.2) is 19.0 Å². The highest BCUT2D eigenvalue weighted by atomic mass is 19.1. The van der Waals surface area contributed by atoms with Gasteiger partial charge in [-0.1, -0.05) is 6.07 Å². The monoisotopic (exact) mass is 258 g/mol. The zero-order chi connectivity index (χ0) is 13.8. The van der Waals surface area contributed by atoms with Gasteiger partial charge in [0.05, 0.1) is 5.69 Å². The molecule has 1 rings (SSSR count). The molecule has 6 heteroatoms. The number of hydrogen-bond acceptors (Lipinski definition) is 3. The third kappa shape index (κ3) is 4.57. The summed E-state index contributed by atoms with van der Waals surface area (Å²) in [5.74, 6) is -0.673. The second-order valence-electron chi connectivity index (χ2n) is 4.69. The second-order valence-corrected chi connectivity index (χ2v) is 4.69. The molecular formula is C12H16F2N2O2. The Labute approximate surface area is 104 Å². The summed E-state index contributed by atoms with van der Waals surface area (Å²) in [6.45, 7) is 4.30. The van der Waals surface area contributed by atoms with E-state index < -0.39 is 24.2 Å². The first kappa shape index (κ1) is 14.2. The molecule has 2 N–H and O–H groups in total. The molecule has 0 fully saturated rings. The summed E-state index contributed by atoms with van der Waals surface area (Å²) in [4.78, 5) is 11.3. The average molecular weight is 258 g/mol. The third-order valence-electron chi connectivity index (χ3n) is 1.90. The van der Waals surface area contributed by atoms with Gasteiger partial charge in [0.2, 0.25) is 0 Å². The molecule has 0 saturated carbocycles. The minimum atomic E-state index is -0.869. The Kier molecular flexibility index (Phi) is 4.47. The normalized spacial score (nSPS) is 10.9. The maximum atomic E-state index is 13.2. The fourth-order valence-electron chi connectivity index (χ4n) is 1.16. The van der Waals surface area contributed by atoms with Crippen LogP contribution in [-0.2, 0) is 11.4 Å². The zero-order valence-electron chi connectivity index (χ0n) is 10.5. The molecule has 0 aliphatic rings. The van der Waals surface area contributed by atoms with Crippen molar-refractivity contribution in [2.24, 2.45) is 0 Å². The van der Waals surface area contributed by atoms with E-state index in [1.165, 1.54) is 12.1 Å². The number of hydrogen-bond donors (Lipinski definition) is 2. The number of carbonyl (C=O) groups excluding carboxylic acids is 1. The number of rotatable bonds is 3. The highest BCUT2D eigenvalue weighted by molar-refractivity contribution is 5.69. The number of alkyl halides is 1. The first-order valence-corrected chi connectivity index (χ1v) is 5.41. The van der Waals surface area contributed by atoms with Gasteiger partial charge < -0.3 is 4.74 Å². The van der Waals surface area contributed by atoms with Gasteiger partial charge in [0, 0.05) is 5.56 Å². The number of halogens is 2. The van der Waals surface area contributed by atoms with Crippen molar-refractivity contribution < 1.29 is 18.3 Å². The Balaban J connectivity index is 2.54. The van der Waals surface area contributed by atoms with Crippen LogP contribution < -0.4 is 10.9 Å². The summed E-state index contributed by atoms with van der Waals surface area (Å²) in [5, 5.41) is 0. The van der Waals surface area contributed by atoms with Crippen molar-refractivity contribution in [1.29, 1.82) is 0 Å². The Morgan fingerprint density at radius 1 is 1.39 bits per heavy atom. The van der Waals surface area contributed by atoms with Crippen LogP contribution >= 0.6 is 0 Å². The van der Waals surface area contributed by atoms with Gasteiger partial charge in [-0.3, -0.25) is 5.43 Å². The average Bonchev–Trinajstić information content (AvgIpc) is 2.24. The van der Waals surface area contributed by atoms with Crippen molar-refractivity contribution in [1.82, 2.24) is 5.43 Å². The topological polar surface area (TPSA) is 50.4 Å². The van der Waals surface area contributed by atoms with Gasteiger partial charge in [-0.2, -0.15) is 0 Å². The molecule has 0 saturated heterocycles. The van der Waals surface area contributed by atoms with Crippen LogP contribution in [-0.4, -0.2) is 11.7 Å². The minimum absolute atomic E-state index is 0.0298. The lowest BCUT2D eigenvalue weighted by Gasteiger charge is -2.20. The Morgan fingerprint density at radius 3 is 2.56 bits per heavy atom. The standard InChI is InChI=1S/C12H16F2N2O2/c1-12(2,3)18-11(17)16-15-9-5-4-8(7-13)10(14)6-9/h4-6,15H,7H2,1-3H3,(H,16,17). The lowest BCUT2D eigenvalue weighted by molar-refractivity contribution is 0.0541. The van der Waals surface area contributed by atoms with E-state index in [0.717, 1.165) is 6.07 Å². The summed E-state index contributed by atoms with van der Waals surface area (Å²) in [6, 6.07) is 3.84. The van der Waals surface area contributed by atoms with Crippen LogP contribution in [0.1, 0.15) is 26.3 Å². The fourth-order valence-corrected chi connectivity index (χ4v) is 1.16. The van der Waals surface area contributed by atoms with Gasteiger partial charge in [-0.15, -0.1) is 0 Å². The van der Waals surface area contributed by atoms with E-state index in [-0.39, 0.29) is 5.56 Å². The van der Waals surface area contributed by atoms with Crippen LogP contribution in [0.15, 0.2) is 18.2 Å². The van der Waals surface area contributed by atoms with E-state index in [4.69, 9.17) is 4.74 Å². The van der Waals surface area contributed by atoms with Gasteiger partial charge in [-0.05, 0) is 32.9 Å². The number of ether oxygens (including phenoxy) is 1. The van der Waals surface area contributed by atoms with Crippen LogP contribution in [0.2, 0.25) is 0 Å². The Morgan fingerprint density at radius 2 is 2.06 bits per heavy atom. The maximum Gasteiger partial charge on any atom is 0.426 e. The molecule has 18 heavy (non-hydrogen) atoms. The van der Waals surface area contributed by atoms with Crippen molar-refractivity contribution in [3.8, 4) is 0 Å². The van der Waals surface area contributed by atoms with Gasteiger partial charge in [0.25, 0.3) is 0 Å². The van der Waals surface area contributed by atoms with E-state index in [0.29, 0.717) is 5.69 Å². The first-order valence-electron chi connectivity index (χ1n) is 5.41. The van der Waals surface area contributed by atoms with Crippen LogP contribution in [0.3, 0.4) is 0 Å². The SMILES string of the molecule is CC(C)(C)OC(=O)NNc1ccc(CF)c(F)c1. The van der Waals surface area contributed by atoms with Gasteiger partial charge >= 0.3 is 6.09 Å². The van der Waals surface area contributed by atoms with Crippen molar-refractivity contribution in [2.45, 2.75) is 33.0 Å². The molecule has 0 spiro atoms. The summed E-state index contributed by atoms with van der Waals surface area (Å²) < 4.78 is 30.5. The third-order valence-corrected chi connectivity index (χ3v) is 1.90. The number of hydrazine groups is 1. The van der Waals surface area contributed by atoms with E-state index in [1.807, 2.05) is 0 Å². The number of benzene rings is 1. The summed E-state index contributed by atoms with van der Waals surface area (Å²) >= 11 is 0. The number of carbonyl (C=O) groups is 1. The molecule has 0 aliphatic heterocycles. The first-order chi connectivity index (χ1) is 8.31. The highest BCUT2D eigenvalue weighted by Crippen LogP contribution is 2.15. The van der Waals surface area contributed by atoms with E-state index >= 15 is 0 Å². The number of amides is 1. The van der Waals surface area contributed by atoms with Crippen molar-refractivity contribution in [3.63, 3.8) is 0 Å². The molecule has 4 nitrogen and oxygen atoms in total. The quantitative estimate of drug-likeness (QED) is 0.819. The molecule has 1 aromatic carbocycles. The van der Waals surface area contributed by atoms with Gasteiger partial charge in [0.1, 0.15) is 18.1 Å². The van der Waals surface area contributed by atoms with E-state index in [9.17, 15) is 13.6 Å². The number of nitrogens with one attached hydrogen (secondary N) is 2. The summed E-state index contributed by atoms with van der Waals surface area (Å²) in [5.41, 5.74) is 4.38. The predicted molar refractivity (Wildman–Crippen MR) is 64.2 cm³/mol. The molecule has 0 heterocycles. The van der Waals surface area contributed by atoms with Crippen molar-refractivity contribution in [2.75, 3.05) is 5.43 Å². The highest BCUT2D eigenvalue weighted by Gasteiger charge is 2.15. The fraction of sp³-hybridized carbons (Fsp3) is 0.417. The van der Waals surface area contributed by atoms with Crippen LogP contribution in [0, 0.1) is 5.82 Å². The lowest BCUT2D eigenvalue weighted by atomic mass is 10.2. The van der Waals surface area contributed by atoms with Gasteiger partial charge in [0.15, 0.2) is 0 Å². The smallest absolute Gasteiger partial charge is 0.426 e. The number of anilines is 1. The van der Waals surface area contributed by atoms with Crippen molar-refractivity contribution >= 4 is 11.8 Å². The molecule has 0 atom stereocenters. The second kappa shape index (κ2) is 5.66. The van der Waals surface area contributed by atoms with Crippen LogP contribution in [0.5, 0.6) is 0 Å². The molecule has 1 aromatic rings. The molecule has 0 unspecified atom stereocenters. The van der Waals surface area contributed by atoms with E-state index in [2.05, 4.69) is 10.9 Å². The Hall–Kier alpha value is -1.85. The summed E-state index contributed by atoms with van der Waals surface area (Å²) in [6.07, 6.45) is -0.683. The molecule has 0 aliphatic carbocycles. The summed E-state index contributed by atoms with van der Waals surface area (Å²) in [7, 11) is 0. The largest absolute Gasteiger partial charge is 0.443 e. The lowest BCUT2D eigenvalue weighted by Crippen LogP contribution is -2.35. The van der Waals surface area contributed by atoms with Crippen molar-refractivity contribution in [3.05, 3.63) is 29.6 Å². The van der Waals surface area contributed by atoms with E-state index in [1.54, 1.807) is 20.8 Å². The molecule has 100 valence electrons. The Bertz CT molecular complexity index is 431. The predicted octanol–water partition coefficient (Wildman–Crippen LogP) is 3.15. The molecule has 0 aromatic heterocycles. The molecule has 1 amide bonds. The molecular weight excluding hydrogens is 242 g/mol. The molecule has 0 radical (unpaired) electrons.